The van der Waals surface area contributed by atoms with E-state index in [0.717, 1.165) is 5.75 Å². The van der Waals surface area contributed by atoms with Crippen LogP contribution in [-0.2, 0) is 0 Å². The smallest absolute Gasteiger partial charge is 0.132 e. The molecule has 0 saturated heterocycles. The highest BCUT2D eigenvalue weighted by Crippen LogP contribution is 2.23. The summed E-state index contributed by atoms with van der Waals surface area (Å²) in [6.07, 6.45) is 1.32. The maximum Gasteiger partial charge on any atom is 0.132 e. The minimum absolute atomic E-state index is 0.367. The number of hydrogen-bond acceptors (Lipinski definition) is 5. The van der Waals surface area contributed by atoms with Crippen molar-refractivity contribution in [2.24, 2.45) is 5.16 Å². The van der Waals surface area contributed by atoms with Gasteiger partial charge in [-0.15, -0.1) is 0 Å². The first-order chi connectivity index (χ1) is 11.1. The van der Waals surface area contributed by atoms with E-state index in [4.69, 9.17) is 19.4 Å². The van der Waals surface area contributed by atoms with Crippen LogP contribution in [0.3, 0.4) is 0 Å². The Hall–Kier alpha value is -2.69. The molecule has 23 heavy (non-hydrogen) atoms. The summed E-state index contributed by atoms with van der Waals surface area (Å²) in [7, 11) is 1.59. The van der Waals surface area contributed by atoms with Crippen molar-refractivity contribution >= 4 is 6.21 Å². The molecule has 2 aromatic carbocycles. The number of benzene rings is 2. The first-order valence-electron chi connectivity index (χ1n) is 7.32. The molecule has 0 aliphatic heterocycles. The van der Waals surface area contributed by atoms with Crippen LogP contribution in [0.25, 0.3) is 0 Å². The standard InChI is InChI=1S/C18H21NO4/c1-13-4-6-17(10-14(13)2)22-8-9-23-18-11-16(21-3)7-5-15(18)12-19-20/h4-7,10-12,20H,8-9H2,1-3H3. The zero-order chi connectivity index (χ0) is 16.7. The molecule has 2 aromatic rings. The molecule has 0 aliphatic rings. The summed E-state index contributed by atoms with van der Waals surface area (Å²) in [5.41, 5.74) is 3.09. The lowest BCUT2D eigenvalue weighted by Crippen LogP contribution is -2.10. The summed E-state index contributed by atoms with van der Waals surface area (Å²) in [4.78, 5) is 0. The van der Waals surface area contributed by atoms with Gasteiger partial charge < -0.3 is 19.4 Å². The summed E-state index contributed by atoms with van der Waals surface area (Å²) < 4.78 is 16.6. The SMILES string of the molecule is COc1ccc(C=NO)c(OCCOc2ccc(C)c(C)c2)c1. The van der Waals surface area contributed by atoms with E-state index in [1.807, 2.05) is 18.2 Å². The van der Waals surface area contributed by atoms with Gasteiger partial charge in [0, 0.05) is 11.6 Å². The molecule has 0 aliphatic carbocycles. The van der Waals surface area contributed by atoms with Gasteiger partial charge in [-0.2, -0.15) is 0 Å². The molecule has 0 spiro atoms. The Morgan fingerprint density at radius 3 is 2.39 bits per heavy atom. The van der Waals surface area contributed by atoms with Crippen molar-refractivity contribution in [3.05, 3.63) is 53.1 Å². The van der Waals surface area contributed by atoms with Gasteiger partial charge in [-0.05, 0) is 49.2 Å². The van der Waals surface area contributed by atoms with Crippen molar-refractivity contribution < 1.29 is 19.4 Å². The van der Waals surface area contributed by atoms with Crippen LogP contribution < -0.4 is 14.2 Å². The first-order valence-corrected chi connectivity index (χ1v) is 7.32. The molecule has 122 valence electrons. The Kier molecular flexibility index (Phi) is 5.86. The van der Waals surface area contributed by atoms with Crippen LogP contribution in [-0.4, -0.2) is 31.7 Å². The second-order valence-electron chi connectivity index (χ2n) is 5.09. The molecule has 0 amide bonds. The van der Waals surface area contributed by atoms with Crippen molar-refractivity contribution in [3.8, 4) is 17.2 Å². The quantitative estimate of drug-likeness (QED) is 0.367. The molecule has 2 rings (SSSR count). The van der Waals surface area contributed by atoms with Crippen LogP contribution in [0.15, 0.2) is 41.6 Å². The van der Waals surface area contributed by atoms with Crippen molar-refractivity contribution in [3.63, 3.8) is 0 Å². The number of nitrogens with zero attached hydrogens (tertiary/aromatic N) is 1. The maximum absolute atomic E-state index is 8.70. The van der Waals surface area contributed by atoms with Gasteiger partial charge in [0.05, 0.1) is 13.3 Å². The van der Waals surface area contributed by atoms with Crippen LogP contribution in [0.4, 0.5) is 0 Å². The van der Waals surface area contributed by atoms with Gasteiger partial charge in [0.1, 0.15) is 30.5 Å². The van der Waals surface area contributed by atoms with Crippen LogP contribution in [0.1, 0.15) is 16.7 Å². The second kappa shape index (κ2) is 8.08. The molecule has 0 aromatic heterocycles. The topological polar surface area (TPSA) is 60.3 Å². The average Bonchev–Trinajstić information content (AvgIpc) is 2.56. The van der Waals surface area contributed by atoms with E-state index in [1.165, 1.54) is 17.3 Å². The number of methoxy groups -OCH3 is 1. The van der Waals surface area contributed by atoms with E-state index >= 15 is 0 Å². The summed E-state index contributed by atoms with van der Waals surface area (Å²) in [6, 6.07) is 11.3. The fourth-order valence-corrected chi connectivity index (χ4v) is 2.05. The van der Waals surface area contributed by atoms with E-state index in [2.05, 4.69) is 19.0 Å². The summed E-state index contributed by atoms with van der Waals surface area (Å²) >= 11 is 0. The van der Waals surface area contributed by atoms with Gasteiger partial charge in [-0.3, -0.25) is 0 Å². The molecular formula is C18H21NO4. The molecular weight excluding hydrogens is 294 g/mol. The lowest BCUT2D eigenvalue weighted by atomic mass is 10.1. The monoisotopic (exact) mass is 315 g/mol. The van der Waals surface area contributed by atoms with E-state index in [1.54, 1.807) is 25.3 Å². The third-order valence-corrected chi connectivity index (χ3v) is 3.51. The normalized spacial score (nSPS) is 10.7. The molecule has 0 heterocycles. The van der Waals surface area contributed by atoms with Crippen LogP contribution in [0.5, 0.6) is 17.2 Å². The van der Waals surface area contributed by atoms with Crippen LogP contribution in [0.2, 0.25) is 0 Å². The number of rotatable bonds is 7. The van der Waals surface area contributed by atoms with Crippen molar-refractivity contribution in [2.75, 3.05) is 20.3 Å². The van der Waals surface area contributed by atoms with E-state index in [9.17, 15) is 0 Å². The zero-order valence-corrected chi connectivity index (χ0v) is 13.6. The first kappa shape index (κ1) is 16.7. The Morgan fingerprint density at radius 1 is 0.957 bits per heavy atom. The third-order valence-electron chi connectivity index (χ3n) is 3.51. The third kappa shape index (κ3) is 4.64. The molecule has 0 fully saturated rings. The van der Waals surface area contributed by atoms with Gasteiger partial charge >= 0.3 is 0 Å². The summed E-state index contributed by atoms with van der Waals surface area (Å²) in [5, 5.41) is 11.7. The van der Waals surface area contributed by atoms with Crippen molar-refractivity contribution in [2.45, 2.75) is 13.8 Å². The number of oxime groups is 1. The lowest BCUT2D eigenvalue weighted by molar-refractivity contribution is 0.216. The number of aryl methyl sites for hydroxylation is 2. The molecule has 0 bridgehead atoms. The average molecular weight is 315 g/mol. The molecule has 0 radical (unpaired) electrons. The van der Waals surface area contributed by atoms with Crippen molar-refractivity contribution in [1.29, 1.82) is 0 Å². The molecule has 0 atom stereocenters. The largest absolute Gasteiger partial charge is 0.497 e. The predicted molar refractivity (Wildman–Crippen MR) is 89.3 cm³/mol. The molecule has 5 nitrogen and oxygen atoms in total. The van der Waals surface area contributed by atoms with E-state index in [0.29, 0.717) is 30.3 Å². The Bertz CT molecular complexity index is 683. The van der Waals surface area contributed by atoms with E-state index in [-0.39, 0.29) is 0 Å². The Morgan fingerprint density at radius 2 is 1.70 bits per heavy atom. The fourth-order valence-electron chi connectivity index (χ4n) is 2.05. The number of hydrogen-bond donors (Lipinski definition) is 1. The van der Waals surface area contributed by atoms with Gasteiger partial charge in [-0.1, -0.05) is 11.2 Å². The summed E-state index contributed by atoms with van der Waals surface area (Å²) in [6.45, 7) is 4.90. The van der Waals surface area contributed by atoms with Gasteiger partial charge in [0.15, 0.2) is 0 Å². The highest BCUT2D eigenvalue weighted by molar-refractivity contribution is 5.83. The van der Waals surface area contributed by atoms with Gasteiger partial charge in [0.25, 0.3) is 0 Å². The minimum Gasteiger partial charge on any atom is -0.497 e. The Labute approximate surface area is 136 Å². The maximum atomic E-state index is 8.70. The second-order valence-corrected chi connectivity index (χ2v) is 5.09. The van der Waals surface area contributed by atoms with Crippen molar-refractivity contribution in [1.82, 2.24) is 0 Å². The molecule has 5 heteroatoms. The zero-order valence-electron chi connectivity index (χ0n) is 13.6. The molecule has 1 N–H and O–H groups in total. The minimum atomic E-state index is 0.367. The van der Waals surface area contributed by atoms with Crippen LogP contribution >= 0.6 is 0 Å². The number of ether oxygens (including phenoxy) is 3. The Balaban J connectivity index is 1.93. The highest BCUT2D eigenvalue weighted by Gasteiger charge is 2.05. The molecule has 0 saturated carbocycles. The van der Waals surface area contributed by atoms with Gasteiger partial charge in [0.2, 0.25) is 0 Å². The molecule has 0 unspecified atom stereocenters. The van der Waals surface area contributed by atoms with Crippen LogP contribution in [0, 0.1) is 13.8 Å². The van der Waals surface area contributed by atoms with E-state index < -0.39 is 0 Å². The predicted octanol–water partition coefficient (Wildman–Crippen LogP) is 3.58. The van der Waals surface area contributed by atoms with Gasteiger partial charge in [-0.25, -0.2) is 0 Å². The lowest BCUT2D eigenvalue weighted by Gasteiger charge is -2.12. The fraction of sp³-hybridized carbons (Fsp3) is 0.278. The highest BCUT2D eigenvalue weighted by atomic mass is 16.5. The summed E-state index contributed by atoms with van der Waals surface area (Å²) in [5.74, 6) is 2.07.